The van der Waals surface area contributed by atoms with Gasteiger partial charge in [-0.15, -0.1) is 0 Å². The van der Waals surface area contributed by atoms with Crippen molar-refractivity contribution in [2.45, 2.75) is 26.2 Å². The van der Waals surface area contributed by atoms with Gasteiger partial charge >= 0.3 is 5.97 Å². The zero-order valence-corrected chi connectivity index (χ0v) is 18.4. The molecule has 0 saturated heterocycles. The summed E-state index contributed by atoms with van der Waals surface area (Å²) in [7, 11) is 1.55. The zero-order valence-electron chi connectivity index (χ0n) is 18.4. The van der Waals surface area contributed by atoms with E-state index in [1.54, 1.807) is 31.4 Å². The Labute approximate surface area is 194 Å². The van der Waals surface area contributed by atoms with Crippen molar-refractivity contribution in [3.63, 3.8) is 0 Å². The van der Waals surface area contributed by atoms with E-state index in [1.807, 2.05) is 12.1 Å². The molecule has 3 N–H and O–H groups in total. The predicted octanol–water partition coefficient (Wildman–Crippen LogP) is 5.19. The molecule has 0 aliphatic heterocycles. The Balaban J connectivity index is 1.76. The van der Waals surface area contributed by atoms with Gasteiger partial charge in [-0.05, 0) is 42.0 Å². The van der Waals surface area contributed by atoms with Crippen LogP contribution in [0.15, 0.2) is 59.0 Å². The topological polar surface area (TPSA) is 94.9 Å². The molecule has 1 heterocycles. The normalized spacial score (nSPS) is 11.2. The molecule has 4 aromatic rings. The molecule has 0 unspecified atom stereocenters. The summed E-state index contributed by atoms with van der Waals surface area (Å²) in [6.07, 6.45) is -0.378. The highest BCUT2D eigenvalue weighted by Gasteiger charge is 2.18. The molecule has 0 aliphatic carbocycles. The van der Waals surface area contributed by atoms with Crippen LogP contribution < -0.4 is 10.5 Å². The van der Waals surface area contributed by atoms with Gasteiger partial charge in [-0.2, -0.15) is 0 Å². The van der Waals surface area contributed by atoms with Gasteiger partial charge < -0.3 is 24.7 Å². The smallest absolute Gasteiger partial charge is 0.307 e. The van der Waals surface area contributed by atoms with E-state index in [9.17, 15) is 9.18 Å². The van der Waals surface area contributed by atoms with Crippen LogP contribution in [-0.2, 0) is 35.7 Å². The molecule has 4 rings (SSSR count). The summed E-state index contributed by atoms with van der Waals surface area (Å²) >= 11 is 0. The van der Waals surface area contributed by atoms with Crippen LogP contribution in [0.2, 0.25) is 0 Å². The van der Waals surface area contributed by atoms with Gasteiger partial charge in [0.1, 0.15) is 41.9 Å². The van der Waals surface area contributed by atoms with Gasteiger partial charge in [-0.1, -0.05) is 18.2 Å². The molecule has 3 aromatic carbocycles. The van der Waals surface area contributed by atoms with E-state index < -0.39 is 17.6 Å². The summed E-state index contributed by atoms with van der Waals surface area (Å²) in [5.41, 5.74) is 8.33. The minimum atomic E-state index is -1.10. The monoisotopic (exact) mass is 467 g/mol. The summed E-state index contributed by atoms with van der Waals surface area (Å²) in [4.78, 5) is 11.2. The van der Waals surface area contributed by atoms with E-state index in [2.05, 4.69) is 0 Å². The second kappa shape index (κ2) is 10.0. The zero-order chi connectivity index (χ0) is 24.2. The van der Waals surface area contributed by atoms with Crippen molar-refractivity contribution in [3.05, 3.63) is 88.7 Å². The number of furan rings is 1. The van der Waals surface area contributed by atoms with Crippen LogP contribution in [0, 0.1) is 11.6 Å². The fourth-order valence-corrected chi connectivity index (χ4v) is 3.86. The quantitative estimate of drug-likeness (QED) is 0.352. The first-order valence-electron chi connectivity index (χ1n) is 10.5. The largest absolute Gasteiger partial charge is 0.489 e. The Hall–Kier alpha value is -3.75. The van der Waals surface area contributed by atoms with Crippen LogP contribution in [0.4, 0.5) is 8.78 Å². The van der Waals surface area contributed by atoms with Gasteiger partial charge in [0.05, 0.1) is 6.42 Å². The number of benzene rings is 3. The molecule has 0 aliphatic rings. The lowest BCUT2D eigenvalue weighted by atomic mass is 9.98. The number of fused-ring (bicyclic) bond motifs is 1. The number of rotatable bonds is 9. The SMILES string of the molecule is COCc1cc2cc(COc3ccc(F)cc3CC(=O)O)cc(-c3cccc(CN)c3F)c2o1. The third kappa shape index (κ3) is 4.93. The first-order valence-corrected chi connectivity index (χ1v) is 10.5. The van der Waals surface area contributed by atoms with Crippen molar-refractivity contribution >= 4 is 16.9 Å². The summed E-state index contributed by atoms with van der Waals surface area (Å²) in [5.74, 6) is -1.25. The molecule has 0 bridgehead atoms. The molecule has 176 valence electrons. The Kier molecular flexibility index (Phi) is 6.90. The lowest BCUT2D eigenvalue weighted by molar-refractivity contribution is -0.136. The predicted molar refractivity (Wildman–Crippen MR) is 122 cm³/mol. The summed E-state index contributed by atoms with van der Waals surface area (Å²) in [6, 6.07) is 14.1. The molecular formula is C26H23F2NO5. The Bertz CT molecular complexity index is 1350. The summed E-state index contributed by atoms with van der Waals surface area (Å²) < 4.78 is 45.8. The molecule has 6 nitrogen and oxygen atoms in total. The number of aliphatic carboxylic acids is 1. The first kappa shape index (κ1) is 23.4. The second-order valence-corrected chi connectivity index (χ2v) is 7.80. The number of carboxylic acids is 1. The number of carbonyl (C=O) groups is 1. The fourth-order valence-electron chi connectivity index (χ4n) is 3.86. The van der Waals surface area contributed by atoms with Crippen LogP contribution in [0.5, 0.6) is 5.75 Å². The first-order chi connectivity index (χ1) is 16.4. The van der Waals surface area contributed by atoms with Gasteiger partial charge in [-0.3, -0.25) is 4.79 Å². The van der Waals surface area contributed by atoms with Crippen molar-refractivity contribution in [1.82, 2.24) is 0 Å². The van der Waals surface area contributed by atoms with Crippen LogP contribution in [0.25, 0.3) is 22.1 Å². The molecule has 0 saturated carbocycles. The molecule has 8 heteroatoms. The average molecular weight is 467 g/mol. The minimum Gasteiger partial charge on any atom is -0.489 e. The number of ether oxygens (including phenoxy) is 2. The number of methoxy groups -OCH3 is 1. The molecule has 34 heavy (non-hydrogen) atoms. The lowest BCUT2D eigenvalue weighted by Gasteiger charge is -2.13. The molecule has 0 spiro atoms. The maximum absolute atomic E-state index is 15.2. The van der Waals surface area contributed by atoms with Crippen molar-refractivity contribution in [2.75, 3.05) is 7.11 Å². The average Bonchev–Trinajstić information content (AvgIpc) is 3.20. The lowest BCUT2D eigenvalue weighted by Crippen LogP contribution is -2.05. The van der Waals surface area contributed by atoms with E-state index in [4.69, 9.17) is 24.7 Å². The van der Waals surface area contributed by atoms with Crippen LogP contribution in [-0.4, -0.2) is 18.2 Å². The third-order valence-corrected chi connectivity index (χ3v) is 5.36. The van der Waals surface area contributed by atoms with E-state index in [1.165, 1.54) is 12.1 Å². The van der Waals surface area contributed by atoms with Crippen LogP contribution >= 0.6 is 0 Å². The van der Waals surface area contributed by atoms with Crippen molar-refractivity contribution in [2.24, 2.45) is 5.73 Å². The number of hydrogen-bond donors (Lipinski definition) is 2. The van der Waals surface area contributed by atoms with Crippen LogP contribution in [0.3, 0.4) is 0 Å². The van der Waals surface area contributed by atoms with Gasteiger partial charge in [0.2, 0.25) is 0 Å². The number of halogens is 2. The van der Waals surface area contributed by atoms with Crippen molar-refractivity contribution in [1.29, 1.82) is 0 Å². The Morgan fingerprint density at radius 1 is 1.03 bits per heavy atom. The van der Waals surface area contributed by atoms with Crippen LogP contribution in [0.1, 0.15) is 22.5 Å². The number of carboxylic acid groups (broad SMARTS) is 1. The summed E-state index contributed by atoms with van der Waals surface area (Å²) in [6.45, 7) is 0.346. The minimum absolute atomic E-state index is 0.0458. The van der Waals surface area contributed by atoms with Gasteiger partial charge in [0.25, 0.3) is 0 Å². The second-order valence-electron chi connectivity index (χ2n) is 7.80. The van der Waals surface area contributed by atoms with Gasteiger partial charge in [0, 0.05) is 41.3 Å². The highest BCUT2D eigenvalue weighted by atomic mass is 19.1. The summed E-state index contributed by atoms with van der Waals surface area (Å²) in [5, 5.41) is 9.85. The molecule has 1 aromatic heterocycles. The molecule has 0 atom stereocenters. The van der Waals surface area contributed by atoms with E-state index in [-0.39, 0.29) is 37.5 Å². The standard InChI is InChI=1S/C26H23F2NO5/c1-32-14-20-10-18-7-15(13-33-23-6-5-19(27)9-17(23)11-24(30)31)8-22(26(18)34-20)21-4-2-3-16(12-29)25(21)28/h2-10H,11-14,29H2,1H3,(H,30,31). The van der Waals surface area contributed by atoms with E-state index >= 15 is 4.39 Å². The van der Waals surface area contributed by atoms with Gasteiger partial charge in [-0.25, -0.2) is 8.78 Å². The molecule has 0 radical (unpaired) electrons. The highest BCUT2D eigenvalue weighted by Crippen LogP contribution is 2.35. The Morgan fingerprint density at radius 3 is 2.59 bits per heavy atom. The van der Waals surface area contributed by atoms with E-state index in [0.29, 0.717) is 33.6 Å². The van der Waals surface area contributed by atoms with Crippen molar-refractivity contribution < 1.29 is 32.6 Å². The van der Waals surface area contributed by atoms with Crippen molar-refractivity contribution in [3.8, 4) is 16.9 Å². The van der Waals surface area contributed by atoms with Gasteiger partial charge in [0.15, 0.2) is 0 Å². The van der Waals surface area contributed by atoms with E-state index in [0.717, 1.165) is 11.5 Å². The third-order valence-electron chi connectivity index (χ3n) is 5.36. The maximum Gasteiger partial charge on any atom is 0.307 e. The Morgan fingerprint density at radius 2 is 1.85 bits per heavy atom. The highest BCUT2D eigenvalue weighted by molar-refractivity contribution is 5.94. The maximum atomic E-state index is 15.2. The molecular weight excluding hydrogens is 444 g/mol. The number of hydrogen-bond acceptors (Lipinski definition) is 5. The fraction of sp³-hybridized carbons (Fsp3) is 0.192. The molecule has 0 amide bonds. The number of nitrogens with two attached hydrogens (primary N) is 1. The molecule has 0 fully saturated rings.